The number of nitrogens with zero attached hydrogens (tertiary/aromatic N) is 7. The highest BCUT2D eigenvalue weighted by Crippen LogP contribution is 2.24. The third kappa shape index (κ3) is 3.41. The van der Waals surface area contributed by atoms with Crippen molar-refractivity contribution in [2.75, 3.05) is 18.0 Å². The number of anilines is 1. The maximum Gasteiger partial charge on any atom is 0.156 e. The quantitative estimate of drug-likeness (QED) is 0.534. The van der Waals surface area contributed by atoms with Crippen LogP contribution < -0.4 is 4.90 Å². The van der Waals surface area contributed by atoms with Crippen LogP contribution in [0.4, 0.5) is 10.2 Å². The summed E-state index contributed by atoms with van der Waals surface area (Å²) >= 11 is 0. The second kappa shape index (κ2) is 7.20. The maximum absolute atomic E-state index is 13.8. The smallest absolute Gasteiger partial charge is 0.156 e. The molecular weight excluding hydrogens is 369 g/mol. The van der Waals surface area contributed by atoms with E-state index in [1.165, 1.54) is 0 Å². The summed E-state index contributed by atoms with van der Waals surface area (Å²) in [4.78, 5) is 20.0. The van der Waals surface area contributed by atoms with Crippen LogP contribution in [0.3, 0.4) is 0 Å². The molecule has 4 aromatic rings. The van der Waals surface area contributed by atoms with Gasteiger partial charge in [0.15, 0.2) is 5.82 Å². The minimum atomic E-state index is -0.802. The number of hydrogen-bond donors (Lipinski definition) is 0. The van der Waals surface area contributed by atoms with Gasteiger partial charge in [-0.1, -0.05) is 6.07 Å². The maximum atomic E-state index is 13.8. The summed E-state index contributed by atoms with van der Waals surface area (Å²) < 4.78 is 15.6. The number of halogens is 1. The number of aryl methyl sites for hydroxylation is 1. The first-order chi connectivity index (χ1) is 14.2. The molecule has 0 radical (unpaired) electrons. The Morgan fingerprint density at radius 3 is 2.79 bits per heavy atom. The van der Waals surface area contributed by atoms with E-state index < -0.39 is 6.17 Å². The number of piperidine rings is 1. The number of rotatable bonds is 3. The van der Waals surface area contributed by atoms with Crippen LogP contribution in [0.25, 0.3) is 28.1 Å². The summed E-state index contributed by atoms with van der Waals surface area (Å²) in [5.41, 5.74) is 3.15. The van der Waals surface area contributed by atoms with Crippen LogP contribution in [0.2, 0.25) is 0 Å². The van der Waals surface area contributed by atoms with E-state index in [-0.39, 0.29) is 0 Å². The zero-order valence-electron chi connectivity index (χ0n) is 16.0. The molecule has 1 aliphatic rings. The number of aromatic nitrogens is 6. The molecule has 1 saturated heterocycles. The molecule has 29 heavy (non-hydrogen) atoms. The van der Waals surface area contributed by atoms with E-state index in [1.807, 2.05) is 36.1 Å². The van der Waals surface area contributed by atoms with Crippen molar-refractivity contribution in [1.29, 1.82) is 0 Å². The predicted molar refractivity (Wildman–Crippen MR) is 109 cm³/mol. The largest absolute Gasteiger partial charge is 0.354 e. The molecule has 1 fully saturated rings. The molecule has 0 N–H and O–H groups in total. The Morgan fingerprint density at radius 2 is 1.93 bits per heavy atom. The van der Waals surface area contributed by atoms with Gasteiger partial charge in [-0.15, -0.1) is 0 Å². The van der Waals surface area contributed by atoms with Crippen LogP contribution >= 0.6 is 0 Å². The molecule has 0 saturated carbocycles. The Hall–Kier alpha value is -3.42. The van der Waals surface area contributed by atoms with Crippen LogP contribution in [0.5, 0.6) is 0 Å². The second-order valence-corrected chi connectivity index (χ2v) is 7.27. The molecule has 0 bridgehead atoms. The summed E-state index contributed by atoms with van der Waals surface area (Å²) in [5.74, 6) is 1.46. The molecule has 1 atom stereocenters. The predicted octanol–water partition coefficient (Wildman–Crippen LogP) is 3.52. The van der Waals surface area contributed by atoms with Crippen molar-refractivity contribution in [2.24, 2.45) is 0 Å². The van der Waals surface area contributed by atoms with Gasteiger partial charge in [0, 0.05) is 24.3 Å². The van der Waals surface area contributed by atoms with Gasteiger partial charge in [-0.05, 0) is 38.0 Å². The highest BCUT2D eigenvalue weighted by atomic mass is 19.1. The monoisotopic (exact) mass is 389 g/mol. The van der Waals surface area contributed by atoms with Gasteiger partial charge in [0.1, 0.15) is 17.7 Å². The van der Waals surface area contributed by atoms with Crippen LogP contribution in [0.15, 0.2) is 49.1 Å². The van der Waals surface area contributed by atoms with Crippen LogP contribution in [0, 0.1) is 6.92 Å². The van der Waals surface area contributed by atoms with Crippen molar-refractivity contribution in [1.82, 2.24) is 29.7 Å². The molecular formula is C21H20FN7. The molecule has 8 heteroatoms. The standard InChI is InChI=1S/C21H20FN7/c1-14-9-23-12-18(26-14)17-8-19-15(10-24-17)11-25-29(19)21-6-2-5-20(27-21)28-7-3-4-16(22)13-28/h2,5-6,8-12,16H,3-4,7,13H2,1H3/t16-/m1/s1. The number of alkyl halides is 1. The molecule has 0 aromatic carbocycles. The number of pyridine rings is 2. The molecule has 0 unspecified atom stereocenters. The van der Waals surface area contributed by atoms with E-state index in [4.69, 9.17) is 4.98 Å². The summed E-state index contributed by atoms with van der Waals surface area (Å²) in [5, 5.41) is 5.41. The SMILES string of the molecule is Cc1cncc(-c2cc3c(cn2)cnn3-c2cccc(N3CCC[C@@H](F)C3)n2)n1. The number of fused-ring (bicyclic) bond motifs is 1. The van der Waals surface area contributed by atoms with E-state index in [9.17, 15) is 4.39 Å². The van der Waals surface area contributed by atoms with Gasteiger partial charge in [-0.25, -0.2) is 19.0 Å². The second-order valence-electron chi connectivity index (χ2n) is 7.27. The van der Waals surface area contributed by atoms with E-state index in [1.54, 1.807) is 29.5 Å². The third-order valence-electron chi connectivity index (χ3n) is 5.09. The Labute approximate surface area is 167 Å². The first kappa shape index (κ1) is 17.7. The first-order valence-corrected chi connectivity index (χ1v) is 9.66. The third-order valence-corrected chi connectivity index (χ3v) is 5.09. The molecule has 0 amide bonds. The zero-order valence-corrected chi connectivity index (χ0v) is 16.0. The molecule has 1 aliphatic heterocycles. The number of hydrogen-bond acceptors (Lipinski definition) is 6. The van der Waals surface area contributed by atoms with Gasteiger partial charge in [0.25, 0.3) is 0 Å². The highest BCUT2D eigenvalue weighted by Gasteiger charge is 2.20. The van der Waals surface area contributed by atoms with Gasteiger partial charge in [-0.2, -0.15) is 5.10 Å². The fourth-order valence-electron chi connectivity index (χ4n) is 3.67. The Bertz CT molecular complexity index is 1170. The zero-order chi connectivity index (χ0) is 19.8. The molecule has 5 rings (SSSR count). The van der Waals surface area contributed by atoms with E-state index in [0.717, 1.165) is 41.1 Å². The van der Waals surface area contributed by atoms with Gasteiger partial charge in [-0.3, -0.25) is 9.97 Å². The fraction of sp³-hybridized carbons (Fsp3) is 0.286. The van der Waals surface area contributed by atoms with Crippen LogP contribution in [-0.4, -0.2) is 49.0 Å². The Kier molecular flexibility index (Phi) is 4.38. The van der Waals surface area contributed by atoms with Crippen LogP contribution in [-0.2, 0) is 0 Å². The van der Waals surface area contributed by atoms with Crippen LogP contribution in [0.1, 0.15) is 18.5 Å². The topological polar surface area (TPSA) is 72.6 Å². The molecule has 4 aromatic heterocycles. The van der Waals surface area contributed by atoms with E-state index >= 15 is 0 Å². The summed E-state index contributed by atoms with van der Waals surface area (Å²) in [6, 6.07) is 7.70. The normalized spacial score (nSPS) is 17.0. The van der Waals surface area contributed by atoms with E-state index in [0.29, 0.717) is 24.5 Å². The minimum Gasteiger partial charge on any atom is -0.354 e. The highest BCUT2D eigenvalue weighted by molar-refractivity contribution is 5.82. The van der Waals surface area contributed by atoms with Crippen molar-refractivity contribution < 1.29 is 4.39 Å². The average Bonchev–Trinajstić information content (AvgIpc) is 3.17. The molecule has 0 spiro atoms. The Morgan fingerprint density at radius 1 is 1.03 bits per heavy atom. The van der Waals surface area contributed by atoms with E-state index in [2.05, 4.69) is 20.1 Å². The van der Waals surface area contributed by atoms with Crippen molar-refractivity contribution in [3.63, 3.8) is 0 Å². The first-order valence-electron chi connectivity index (χ1n) is 9.66. The van der Waals surface area contributed by atoms with Gasteiger partial charge in [0.2, 0.25) is 0 Å². The molecule has 146 valence electrons. The van der Waals surface area contributed by atoms with Gasteiger partial charge < -0.3 is 4.90 Å². The van der Waals surface area contributed by atoms with Crippen molar-refractivity contribution >= 4 is 16.7 Å². The molecule has 0 aliphatic carbocycles. The van der Waals surface area contributed by atoms with Crippen molar-refractivity contribution in [3.8, 4) is 17.2 Å². The molecule has 5 heterocycles. The Balaban J connectivity index is 1.55. The average molecular weight is 389 g/mol. The van der Waals surface area contributed by atoms with Gasteiger partial charge in [0.05, 0.1) is 35.8 Å². The fourth-order valence-corrected chi connectivity index (χ4v) is 3.67. The van der Waals surface area contributed by atoms with Gasteiger partial charge >= 0.3 is 0 Å². The minimum absolute atomic E-state index is 0.385. The molecule has 7 nitrogen and oxygen atoms in total. The lowest BCUT2D eigenvalue weighted by Gasteiger charge is -2.30. The lowest BCUT2D eigenvalue weighted by molar-refractivity contribution is 0.286. The summed E-state index contributed by atoms with van der Waals surface area (Å²) in [7, 11) is 0. The summed E-state index contributed by atoms with van der Waals surface area (Å²) in [6.07, 6.45) is 7.61. The van der Waals surface area contributed by atoms with Crippen molar-refractivity contribution in [2.45, 2.75) is 25.9 Å². The lowest BCUT2D eigenvalue weighted by atomic mass is 10.1. The van der Waals surface area contributed by atoms with Crippen molar-refractivity contribution in [3.05, 3.63) is 54.7 Å². The summed E-state index contributed by atoms with van der Waals surface area (Å²) in [6.45, 7) is 3.10. The lowest BCUT2D eigenvalue weighted by Crippen LogP contribution is -2.36.